The lowest BCUT2D eigenvalue weighted by Crippen LogP contribution is -2.24. The van der Waals surface area contributed by atoms with Gasteiger partial charge in [0.2, 0.25) is 0 Å². The Bertz CT molecular complexity index is 1090. The lowest BCUT2D eigenvalue weighted by atomic mass is 10.1. The maximum absolute atomic E-state index is 12.8. The van der Waals surface area contributed by atoms with E-state index in [0.29, 0.717) is 23.7 Å². The quantitative estimate of drug-likeness (QED) is 0.726. The minimum atomic E-state index is -0.0630. The first-order chi connectivity index (χ1) is 14.2. The SMILES string of the molecule is COCC1CCN(c2ccc3nc(CN4CCc5ccccc54)[nH]c(=O)c3c2)C1. The van der Waals surface area contributed by atoms with Crippen LogP contribution in [0.3, 0.4) is 0 Å². The summed E-state index contributed by atoms with van der Waals surface area (Å²) in [5.41, 5.74) is 4.38. The van der Waals surface area contributed by atoms with E-state index in [2.05, 4.69) is 45.1 Å². The molecule has 3 heterocycles. The molecule has 29 heavy (non-hydrogen) atoms. The van der Waals surface area contributed by atoms with E-state index in [9.17, 15) is 4.79 Å². The molecular formula is C23H26N4O2. The summed E-state index contributed by atoms with van der Waals surface area (Å²) >= 11 is 0. The zero-order valence-corrected chi connectivity index (χ0v) is 16.7. The standard InChI is InChI=1S/C23H26N4O2/c1-29-15-16-8-10-26(13-16)18-6-7-20-19(12-18)23(28)25-22(24-20)14-27-11-9-17-4-2-3-5-21(17)27/h2-7,12,16H,8-11,13-15H2,1H3,(H,24,25,28). The minimum Gasteiger partial charge on any atom is -0.384 e. The van der Waals surface area contributed by atoms with Gasteiger partial charge >= 0.3 is 0 Å². The van der Waals surface area contributed by atoms with Gasteiger partial charge in [0.25, 0.3) is 5.56 Å². The highest BCUT2D eigenvalue weighted by molar-refractivity contribution is 5.82. The number of H-pyrrole nitrogens is 1. The predicted octanol–water partition coefficient (Wildman–Crippen LogP) is 2.96. The molecule has 2 aliphatic heterocycles. The first-order valence-corrected chi connectivity index (χ1v) is 10.3. The number of ether oxygens (including phenoxy) is 1. The van der Waals surface area contributed by atoms with Gasteiger partial charge in [-0.2, -0.15) is 0 Å². The van der Waals surface area contributed by atoms with Crippen molar-refractivity contribution >= 4 is 22.3 Å². The number of benzene rings is 2. The molecule has 0 bridgehead atoms. The van der Waals surface area contributed by atoms with Crippen LogP contribution in [0.4, 0.5) is 11.4 Å². The third-order valence-electron chi connectivity index (χ3n) is 6.12. The Labute approximate surface area is 170 Å². The number of nitrogens with one attached hydrogen (secondary N) is 1. The maximum atomic E-state index is 12.8. The molecule has 1 aromatic heterocycles. The van der Waals surface area contributed by atoms with Crippen molar-refractivity contribution in [3.8, 4) is 0 Å². The lowest BCUT2D eigenvalue weighted by molar-refractivity contribution is 0.161. The van der Waals surface area contributed by atoms with Gasteiger partial charge in [-0.1, -0.05) is 18.2 Å². The second kappa shape index (κ2) is 7.52. The number of fused-ring (bicyclic) bond motifs is 2. The maximum Gasteiger partial charge on any atom is 0.258 e. The summed E-state index contributed by atoms with van der Waals surface area (Å²) in [6.45, 7) is 4.33. The van der Waals surface area contributed by atoms with E-state index >= 15 is 0 Å². The smallest absolute Gasteiger partial charge is 0.258 e. The predicted molar refractivity (Wildman–Crippen MR) is 116 cm³/mol. The topological polar surface area (TPSA) is 61.5 Å². The summed E-state index contributed by atoms with van der Waals surface area (Å²) in [7, 11) is 1.75. The molecule has 1 unspecified atom stereocenters. The van der Waals surface area contributed by atoms with E-state index < -0.39 is 0 Å². The first kappa shape index (κ1) is 18.2. The largest absolute Gasteiger partial charge is 0.384 e. The van der Waals surface area contributed by atoms with Crippen molar-refractivity contribution in [3.63, 3.8) is 0 Å². The fourth-order valence-electron chi connectivity index (χ4n) is 4.64. The zero-order chi connectivity index (χ0) is 19.8. The van der Waals surface area contributed by atoms with Crippen molar-refractivity contribution in [1.82, 2.24) is 9.97 Å². The number of methoxy groups -OCH3 is 1. The van der Waals surface area contributed by atoms with E-state index in [1.807, 2.05) is 12.1 Å². The van der Waals surface area contributed by atoms with Gasteiger partial charge in [0.05, 0.1) is 24.1 Å². The van der Waals surface area contributed by atoms with Crippen LogP contribution < -0.4 is 15.4 Å². The third-order valence-corrected chi connectivity index (χ3v) is 6.12. The van der Waals surface area contributed by atoms with E-state index in [1.54, 1.807) is 7.11 Å². The van der Waals surface area contributed by atoms with Crippen LogP contribution in [0.2, 0.25) is 0 Å². The van der Waals surface area contributed by atoms with Crippen molar-refractivity contribution in [2.45, 2.75) is 19.4 Å². The molecule has 0 spiro atoms. The second-order valence-electron chi connectivity index (χ2n) is 8.07. The first-order valence-electron chi connectivity index (χ1n) is 10.3. The lowest BCUT2D eigenvalue weighted by Gasteiger charge is -2.20. The van der Waals surface area contributed by atoms with Crippen LogP contribution in [-0.4, -0.2) is 43.3 Å². The molecule has 6 heteroatoms. The number of hydrogen-bond donors (Lipinski definition) is 1. The summed E-state index contributed by atoms with van der Waals surface area (Å²) in [4.78, 5) is 25.2. The van der Waals surface area contributed by atoms with Crippen molar-refractivity contribution < 1.29 is 4.74 Å². The molecule has 2 aliphatic rings. The van der Waals surface area contributed by atoms with Crippen LogP contribution in [0, 0.1) is 5.92 Å². The van der Waals surface area contributed by atoms with Crippen molar-refractivity contribution in [1.29, 1.82) is 0 Å². The Kier molecular flexibility index (Phi) is 4.72. The van der Waals surface area contributed by atoms with Crippen LogP contribution >= 0.6 is 0 Å². The van der Waals surface area contributed by atoms with E-state index in [0.717, 1.165) is 50.3 Å². The fraction of sp³-hybridized carbons (Fsp3) is 0.391. The van der Waals surface area contributed by atoms with Gasteiger partial charge in [-0.25, -0.2) is 4.98 Å². The Morgan fingerprint density at radius 3 is 3.00 bits per heavy atom. The second-order valence-corrected chi connectivity index (χ2v) is 8.07. The van der Waals surface area contributed by atoms with E-state index in [1.165, 1.54) is 11.3 Å². The van der Waals surface area contributed by atoms with Crippen molar-refractivity contribution in [3.05, 3.63) is 64.2 Å². The molecule has 1 N–H and O–H groups in total. The molecule has 1 fully saturated rings. The summed E-state index contributed by atoms with van der Waals surface area (Å²) in [5, 5.41) is 0.656. The number of anilines is 2. The Morgan fingerprint density at radius 1 is 1.21 bits per heavy atom. The molecule has 3 aromatic rings. The Balaban J connectivity index is 1.39. The number of aromatic amines is 1. The summed E-state index contributed by atoms with van der Waals surface area (Å²) in [6, 6.07) is 14.5. The monoisotopic (exact) mass is 390 g/mol. The van der Waals surface area contributed by atoms with Crippen LogP contribution in [0.1, 0.15) is 17.8 Å². The number of rotatable bonds is 5. The summed E-state index contributed by atoms with van der Waals surface area (Å²) < 4.78 is 5.29. The molecule has 2 aromatic carbocycles. The molecule has 1 atom stereocenters. The van der Waals surface area contributed by atoms with Gasteiger partial charge in [-0.05, 0) is 42.7 Å². The highest BCUT2D eigenvalue weighted by Gasteiger charge is 2.23. The van der Waals surface area contributed by atoms with Gasteiger partial charge < -0.3 is 19.5 Å². The van der Waals surface area contributed by atoms with Crippen LogP contribution in [0.5, 0.6) is 0 Å². The Hall–Kier alpha value is -2.86. The van der Waals surface area contributed by atoms with Gasteiger partial charge in [0.15, 0.2) is 0 Å². The number of para-hydroxylation sites is 1. The average Bonchev–Trinajstić information content (AvgIpc) is 3.36. The molecule has 1 saturated heterocycles. The number of hydrogen-bond acceptors (Lipinski definition) is 5. The molecule has 0 aliphatic carbocycles. The van der Waals surface area contributed by atoms with E-state index in [-0.39, 0.29) is 5.56 Å². The molecule has 0 radical (unpaired) electrons. The van der Waals surface area contributed by atoms with Gasteiger partial charge in [-0.15, -0.1) is 0 Å². The molecular weight excluding hydrogens is 364 g/mol. The zero-order valence-electron chi connectivity index (χ0n) is 16.7. The summed E-state index contributed by atoms with van der Waals surface area (Å²) in [5.74, 6) is 1.27. The average molecular weight is 390 g/mol. The highest BCUT2D eigenvalue weighted by Crippen LogP contribution is 2.29. The van der Waals surface area contributed by atoms with E-state index in [4.69, 9.17) is 9.72 Å². The van der Waals surface area contributed by atoms with Gasteiger partial charge in [-0.3, -0.25) is 4.79 Å². The van der Waals surface area contributed by atoms with Gasteiger partial charge in [0, 0.05) is 44.0 Å². The van der Waals surface area contributed by atoms with Crippen LogP contribution in [0.15, 0.2) is 47.3 Å². The fourth-order valence-corrected chi connectivity index (χ4v) is 4.64. The minimum absolute atomic E-state index is 0.0630. The van der Waals surface area contributed by atoms with Crippen LogP contribution in [0.25, 0.3) is 10.9 Å². The third kappa shape index (κ3) is 3.49. The van der Waals surface area contributed by atoms with Crippen molar-refractivity contribution in [2.24, 2.45) is 5.92 Å². The molecule has 5 rings (SSSR count). The molecule has 150 valence electrons. The normalized spacial score (nSPS) is 18.6. The Morgan fingerprint density at radius 2 is 2.10 bits per heavy atom. The van der Waals surface area contributed by atoms with Gasteiger partial charge in [0.1, 0.15) is 5.82 Å². The number of aromatic nitrogens is 2. The molecule has 0 saturated carbocycles. The number of nitrogens with zero attached hydrogens (tertiary/aromatic N) is 3. The van der Waals surface area contributed by atoms with Crippen molar-refractivity contribution in [2.75, 3.05) is 43.2 Å². The molecule has 6 nitrogen and oxygen atoms in total. The molecule has 0 amide bonds. The highest BCUT2D eigenvalue weighted by atomic mass is 16.5. The van der Waals surface area contributed by atoms with Crippen LogP contribution in [-0.2, 0) is 17.7 Å². The summed E-state index contributed by atoms with van der Waals surface area (Å²) in [6.07, 6.45) is 2.16.